The van der Waals surface area contributed by atoms with Crippen molar-refractivity contribution in [3.63, 3.8) is 0 Å². The lowest BCUT2D eigenvalue weighted by molar-refractivity contribution is -0.885. The first-order chi connectivity index (χ1) is 12.4. The van der Waals surface area contributed by atoms with Crippen molar-refractivity contribution in [1.29, 1.82) is 0 Å². The zero-order chi connectivity index (χ0) is 19.1. The standard InChI is InChI=1S/C21H26N2O3/c1-15-5-8-19(16(2)11-15)13-23(3)14-20(24)22-12-17-6-9-18(10-7-17)21(25)26-4/h5-11H,12-14H2,1-4H3,(H,22,24)/p+1. The third-order valence-corrected chi connectivity index (χ3v) is 4.32. The minimum Gasteiger partial charge on any atom is -0.465 e. The largest absolute Gasteiger partial charge is 0.465 e. The van der Waals surface area contributed by atoms with Crippen LogP contribution >= 0.6 is 0 Å². The highest BCUT2D eigenvalue weighted by Crippen LogP contribution is 2.09. The van der Waals surface area contributed by atoms with Crippen LogP contribution in [0.5, 0.6) is 0 Å². The van der Waals surface area contributed by atoms with Crippen molar-refractivity contribution >= 4 is 11.9 Å². The lowest BCUT2D eigenvalue weighted by Crippen LogP contribution is -3.08. The van der Waals surface area contributed by atoms with Gasteiger partial charge in [-0.05, 0) is 37.1 Å². The maximum absolute atomic E-state index is 12.2. The number of hydrogen-bond donors (Lipinski definition) is 2. The van der Waals surface area contributed by atoms with Crippen LogP contribution < -0.4 is 10.2 Å². The zero-order valence-corrected chi connectivity index (χ0v) is 15.9. The number of esters is 1. The molecule has 26 heavy (non-hydrogen) atoms. The van der Waals surface area contributed by atoms with Crippen LogP contribution in [0.25, 0.3) is 0 Å². The monoisotopic (exact) mass is 355 g/mol. The Balaban J connectivity index is 1.81. The van der Waals surface area contributed by atoms with Crippen LogP contribution in [-0.2, 0) is 22.6 Å². The number of methoxy groups -OCH3 is 1. The van der Waals surface area contributed by atoms with Gasteiger partial charge in [0.25, 0.3) is 5.91 Å². The number of ether oxygens (including phenoxy) is 1. The van der Waals surface area contributed by atoms with Crippen LogP contribution in [0.15, 0.2) is 42.5 Å². The van der Waals surface area contributed by atoms with Gasteiger partial charge in [0.1, 0.15) is 6.54 Å². The Hall–Kier alpha value is -2.66. The van der Waals surface area contributed by atoms with Gasteiger partial charge in [-0.1, -0.05) is 35.9 Å². The first kappa shape index (κ1) is 19.7. The Morgan fingerprint density at radius 1 is 1.08 bits per heavy atom. The van der Waals surface area contributed by atoms with E-state index < -0.39 is 0 Å². The number of nitrogens with one attached hydrogen (secondary N) is 2. The van der Waals surface area contributed by atoms with Crippen LogP contribution in [0, 0.1) is 13.8 Å². The predicted molar refractivity (Wildman–Crippen MR) is 101 cm³/mol. The highest BCUT2D eigenvalue weighted by molar-refractivity contribution is 5.89. The van der Waals surface area contributed by atoms with Crippen molar-refractivity contribution in [2.75, 3.05) is 20.7 Å². The smallest absolute Gasteiger partial charge is 0.337 e. The first-order valence-electron chi connectivity index (χ1n) is 8.70. The Morgan fingerprint density at radius 3 is 2.38 bits per heavy atom. The molecule has 0 spiro atoms. The molecule has 5 heteroatoms. The van der Waals surface area contributed by atoms with Crippen molar-refractivity contribution in [2.45, 2.75) is 26.9 Å². The highest BCUT2D eigenvalue weighted by Gasteiger charge is 2.12. The van der Waals surface area contributed by atoms with Gasteiger partial charge in [-0.15, -0.1) is 0 Å². The molecule has 1 unspecified atom stereocenters. The van der Waals surface area contributed by atoms with E-state index >= 15 is 0 Å². The average Bonchev–Trinajstić information content (AvgIpc) is 2.62. The van der Waals surface area contributed by atoms with E-state index in [0.717, 1.165) is 17.0 Å². The van der Waals surface area contributed by atoms with E-state index in [1.807, 2.05) is 19.2 Å². The maximum Gasteiger partial charge on any atom is 0.337 e. The normalized spacial score (nSPS) is 11.7. The van der Waals surface area contributed by atoms with Gasteiger partial charge in [0, 0.05) is 12.1 Å². The minimum atomic E-state index is -0.364. The third-order valence-electron chi connectivity index (χ3n) is 4.32. The number of carbonyl (C=O) groups excluding carboxylic acids is 2. The van der Waals surface area contributed by atoms with Crippen LogP contribution in [0.1, 0.15) is 32.6 Å². The summed E-state index contributed by atoms with van der Waals surface area (Å²) < 4.78 is 4.67. The summed E-state index contributed by atoms with van der Waals surface area (Å²) in [7, 11) is 3.37. The summed E-state index contributed by atoms with van der Waals surface area (Å²) in [5.74, 6) is -0.360. The number of likely N-dealkylation sites (N-methyl/N-ethyl adjacent to an activating group) is 1. The molecule has 2 N–H and O–H groups in total. The third kappa shape index (κ3) is 5.70. The van der Waals surface area contributed by atoms with Gasteiger partial charge in [-0.25, -0.2) is 4.79 Å². The molecule has 0 aliphatic carbocycles. The quantitative estimate of drug-likeness (QED) is 0.739. The van der Waals surface area contributed by atoms with E-state index in [2.05, 4.69) is 42.1 Å². The number of amides is 1. The van der Waals surface area contributed by atoms with Crippen LogP contribution in [-0.4, -0.2) is 32.6 Å². The minimum absolute atomic E-state index is 0.00399. The lowest BCUT2D eigenvalue weighted by Gasteiger charge is -2.15. The van der Waals surface area contributed by atoms with Crippen molar-refractivity contribution in [1.82, 2.24) is 5.32 Å². The molecule has 1 amide bonds. The number of aryl methyl sites for hydroxylation is 2. The molecule has 2 aromatic rings. The molecule has 0 bridgehead atoms. The second kappa shape index (κ2) is 9.15. The molecule has 0 aliphatic rings. The number of carbonyl (C=O) groups is 2. The fraction of sp³-hybridized carbons (Fsp3) is 0.333. The molecule has 2 rings (SSSR count). The van der Waals surface area contributed by atoms with Crippen molar-refractivity contribution in [2.24, 2.45) is 0 Å². The number of rotatable bonds is 7. The molecule has 1 atom stereocenters. The summed E-state index contributed by atoms with van der Waals surface area (Å²) >= 11 is 0. The Morgan fingerprint density at radius 2 is 1.77 bits per heavy atom. The summed E-state index contributed by atoms with van der Waals surface area (Å²) in [6.07, 6.45) is 0. The first-order valence-corrected chi connectivity index (χ1v) is 8.70. The molecule has 138 valence electrons. The van der Waals surface area contributed by atoms with Gasteiger partial charge in [0.05, 0.1) is 19.7 Å². The molecule has 0 saturated carbocycles. The maximum atomic E-state index is 12.2. The lowest BCUT2D eigenvalue weighted by atomic mass is 10.1. The van der Waals surface area contributed by atoms with Crippen LogP contribution in [0.2, 0.25) is 0 Å². The second-order valence-electron chi connectivity index (χ2n) is 6.71. The van der Waals surface area contributed by atoms with Gasteiger partial charge in [-0.3, -0.25) is 4.79 Å². The highest BCUT2D eigenvalue weighted by atomic mass is 16.5. The van der Waals surface area contributed by atoms with Crippen molar-refractivity contribution < 1.29 is 19.2 Å². The predicted octanol–water partition coefficient (Wildman–Crippen LogP) is 1.42. The van der Waals surface area contributed by atoms with E-state index in [-0.39, 0.29) is 11.9 Å². The fourth-order valence-corrected chi connectivity index (χ4v) is 2.85. The molecule has 0 aliphatic heterocycles. The molecule has 0 radical (unpaired) electrons. The molecule has 5 nitrogen and oxygen atoms in total. The van der Waals surface area contributed by atoms with Gasteiger partial charge < -0.3 is 15.0 Å². The number of hydrogen-bond acceptors (Lipinski definition) is 3. The van der Waals surface area contributed by atoms with Gasteiger partial charge in [-0.2, -0.15) is 0 Å². The van der Waals surface area contributed by atoms with E-state index in [1.165, 1.54) is 23.8 Å². The average molecular weight is 355 g/mol. The Labute approximate surface area is 155 Å². The van der Waals surface area contributed by atoms with Gasteiger partial charge >= 0.3 is 5.97 Å². The van der Waals surface area contributed by atoms with Gasteiger partial charge in [0.15, 0.2) is 6.54 Å². The fourth-order valence-electron chi connectivity index (χ4n) is 2.85. The second-order valence-corrected chi connectivity index (χ2v) is 6.71. The van der Waals surface area contributed by atoms with E-state index in [9.17, 15) is 9.59 Å². The topological polar surface area (TPSA) is 59.8 Å². The molecule has 0 heterocycles. The Kier molecular flexibility index (Phi) is 6.92. The van der Waals surface area contributed by atoms with Crippen LogP contribution in [0.4, 0.5) is 0 Å². The molecule has 2 aromatic carbocycles. The number of quaternary nitrogens is 1. The summed E-state index contributed by atoms with van der Waals surface area (Å²) in [5.41, 5.74) is 5.22. The molecular weight excluding hydrogens is 328 g/mol. The zero-order valence-electron chi connectivity index (χ0n) is 15.9. The van der Waals surface area contributed by atoms with E-state index in [1.54, 1.807) is 12.1 Å². The summed E-state index contributed by atoms with van der Waals surface area (Å²) in [6.45, 7) is 5.85. The van der Waals surface area contributed by atoms with Gasteiger partial charge in [0.2, 0.25) is 0 Å². The molecule has 0 fully saturated rings. The molecule has 0 aromatic heterocycles. The molecule has 0 saturated heterocycles. The summed E-state index contributed by atoms with van der Waals surface area (Å²) in [4.78, 5) is 24.7. The van der Waals surface area contributed by atoms with Crippen LogP contribution in [0.3, 0.4) is 0 Å². The van der Waals surface area contributed by atoms with Crippen molar-refractivity contribution in [3.05, 3.63) is 70.3 Å². The van der Waals surface area contributed by atoms with E-state index in [4.69, 9.17) is 0 Å². The summed E-state index contributed by atoms with van der Waals surface area (Å²) in [6, 6.07) is 13.4. The van der Waals surface area contributed by atoms with E-state index in [0.29, 0.717) is 18.7 Å². The molecular formula is C21H27N2O3+. The number of benzene rings is 2. The Bertz CT molecular complexity index is 769. The summed E-state index contributed by atoms with van der Waals surface area (Å²) in [5, 5.41) is 2.93. The SMILES string of the molecule is COC(=O)c1ccc(CNC(=O)C[NH+](C)Cc2ccc(C)cc2C)cc1. The van der Waals surface area contributed by atoms with Crippen molar-refractivity contribution in [3.8, 4) is 0 Å².